The predicted octanol–water partition coefficient (Wildman–Crippen LogP) is 19.0. The Hall–Kier alpha value is -9.76. The molecule has 0 atom stereocenters. The molecule has 0 radical (unpaired) electrons. The van der Waals surface area contributed by atoms with Crippen molar-refractivity contribution in [1.29, 1.82) is 0 Å². The number of nitrogens with zero attached hydrogens (tertiary/aromatic N) is 2. The first-order valence-corrected chi connectivity index (χ1v) is 26.5. The predicted molar refractivity (Wildman–Crippen MR) is 314 cm³/mol. The molecule has 2 spiro atoms. The van der Waals surface area contributed by atoms with Crippen LogP contribution < -0.4 is 9.80 Å². The van der Waals surface area contributed by atoms with Gasteiger partial charge < -0.3 is 9.80 Å². The minimum atomic E-state index is -0.641. The zero-order valence-electron chi connectivity index (χ0n) is 41.6. The molecule has 1 heterocycles. The zero-order chi connectivity index (χ0) is 50.0. The monoisotopic (exact) mass is 964 g/mol. The molecule has 0 fully saturated rings. The summed E-state index contributed by atoms with van der Waals surface area (Å²) in [5.41, 5.74) is 28.4. The fourth-order valence-electron chi connectivity index (χ4n) is 14.4. The van der Waals surface area contributed by atoms with Crippen LogP contribution in [0.25, 0.3) is 55.6 Å². The molecule has 16 rings (SSSR count). The van der Waals surface area contributed by atoms with Crippen molar-refractivity contribution in [2.24, 2.45) is 0 Å². The molecule has 76 heavy (non-hydrogen) atoms. The van der Waals surface area contributed by atoms with Gasteiger partial charge in [0.2, 0.25) is 0 Å². The van der Waals surface area contributed by atoms with Gasteiger partial charge in [-0.1, -0.05) is 249 Å². The molecule has 0 saturated heterocycles. The lowest BCUT2D eigenvalue weighted by molar-refractivity contribution is 0.752. The molecule has 0 aromatic heterocycles. The van der Waals surface area contributed by atoms with E-state index in [4.69, 9.17) is 0 Å². The first-order chi connectivity index (χ1) is 37.8. The summed E-state index contributed by atoms with van der Waals surface area (Å²) >= 11 is 0. The van der Waals surface area contributed by atoms with Crippen LogP contribution in [0, 0.1) is 0 Å². The van der Waals surface area contributed by atoms with Crippen LogP contribution in [0.3, 0.4) is 0 Å². The van der Waals surface area contributed by atoms with Gasteiger partial charge >= 0.3 is 0 Å². The molecule has 4 aliphatic rings. The molecule has 0 N–H and O–H groups in total. The van der Waals surface area contributed by atoms with Crippen molar-refractivity contribution in [1.82, 2.24) is 0 Å². The molecule has 12 aromatic rings. The van der Waals surface area contributed by atoms with E-state index in [9.17, 15) is 0 Å². The first-order valence-electron chi connectivity index (χ1n) is 26.5. The molecule has 0 bridgehead atoms. The van der Waals surface area contributed by atoms with Crippen LogP contribution in [0.5, 0.6) is 0 Å². The molecule has 0 saturated carbocycles. The summed E-state index contributed by atoms with van der Waals surface area (Å²) in [5, 5.41) is 0. The third-order valence-electron chi connectivity index (χ3n) is 17.1. The van der Waals surface area contributed by atoms with Crippen molar-refractivity contribution in [3.63, 3.8) is 0 Å². The van der Waals surface area contributed by atoms with Crippen LogP contribution in [0.2, 0.25) is 0 Å². The summed E-state index contributed by atoms with van der Waals surface area (Å²) < 4.78 is 0. The highest BCUT2D eigenvalue weighted by Gasteiger charge is 2.55. The molecular weight excluding hydrogens is 917 g/mol. The minimum Gasteiger partial charge on any atom is -0.310 e. The summed E-state index contributed by atoms with van der Waals surface area (Å²) in [4.78, 5) is 5.11. The van der Waals surface area contributed by atoms with E-state index in [0.717, 1.165) is 28.3 Å². The number of hydrogen-bond acceptors (Lipinski definition) is 2. The van der Waals surface area contributed by atoms with Crippen molar-refractivity contribution < 1.29 is 0 Å². The Balaban J connectivity index is 1.03. The van der Waals surface area contributed by atoms with E-state index in [1.807, 2.05) is 0 Å². The summed E-state index contributed by atoms with van der Waals surface area (Å²) in [7, 11) is 0. The second kappa shape index (κ2) is 16.4. The Kier molecular flexibility index (Phi) is 9.20. The molecule has 3 aliphatic carbocycles. The smallest absolute Gasteiger partial charge is 0.0755 e. The van der Waals surface area contributed by atoms with Gasteiger partial charge in [-0.25, -0.2) is 0 Å². The number of fused-ring (bicyclic) bond motifs is 19. The Bertz CT molecular complexity index is 4230. The van der Waals surface area contributed by atoms with Crippen LogP contribution in [0.4, 0.5) is 34.1 Å². The lowest BCUT2D eigenvalue weighted by atomic mass is 9.64. The number of para-hydroxylation sites is 4. The fraction of sp³-hybridized carbons (Fsp3) is 0.0270. The summed E-state index contributed by atoms with van der Waals surface area (Å²) in [6.45, 7) is 0. The second-order valence-corrected chi connectivity index (χ2v) is 20.6. The third-order valence-corrected chi connectivity index (χ3v) is 17.1. The van der Waals surface area contributed by atoms with Crippen molar-refractivity contribution in [3.8, 4) is 55.6 Å². The van der Waals surface area contributed by atoms with Crippen LogP contribution in [-0.4, -0.2) is 0 Å². The number of hydrogen-bond donors (Lipinski definition) is 0. The third kappa shape index (κ3) is 5.60. The molecule has 0 amide bonds. The van der Waals surface area contributed by atoms with Gasteiger partial charge in [0.15, 0.2) is 0 Å². The van der Waals surface area contributed by atoms with Crippen molar-refractivity contribution in [2.45, 2.75) is 10.8 Å². The summed E-state index contributed by atoms with van der Waals surface area (Å²) in [6.07, 6.45) is 0. The second-order valence-electron chi connectivity index (χ2n) is 20.6. The summed E-state index contributed by atoms with van der Waals surface area (Å²) in [5.74, 6) is 0. The topological polar surface area (TPSA) is 6.48 Å². The Morgan fingerprint density at radius 3 is 1.09 bits per heavy atom. The maximum atomic E-state index is 2.64. The number of rotatable bonds is 6. The highest BCUT2D eigenvalue weighted by molar-refractivity contribution is 6.07. The van der Waals surface area contributed by atoms with E-state index in [1.165, 1.54) is 106 Å². The highest BCUT2D eigenvalue weighted by atomic mass is 15.2. The molecule has 2 nitrogen and oxygen atoms in total. The average Bonchev–Trinajstić information content (AvgIpc) is 4.02. The largest absolute Gasteiger partial charge is 0.310 e. The van der Waals surface area contributed by atoms with E-state index >= 15 is 0 Å². The number of benzene rings is 12. The van der Waals surface area contributed by atoms with Gasteiger partial charge in [0, 0.05) is 22.4 Å². The van der Waals surface area contributed by atoms with E-state index in [0.29, 0.717) is 0 Å². The molecular formula is C74H48N2. The maximum Gasteiger partial charge on any atom is 0.0755 e. The van der Waals surface area contributed by atoms with Gasteiger partial charge in [-0.3, -0.25) is 0 Å². The van der Waals surface area contributed by atoms with Gasteiger partial charge in [-0.15, -0.1) is 0 Å². The van der Waals surface area contributed by atoms with Gasteiger partial charge in [-0.2, -0.15) is 0 Å². The minimum absolute atomic E-state index is 0.518. The Labute approximate surface area is 443 Å². The van der Waals surface area contributed by atoms with E-state index in [1.54, 1.807) is 0 Å². The molecule has 0 unspecified atom stereocenters. The van der Waals surface area contributed by atoms with Crippen molar-refractivity contribution in [2.75, 3.05) is 9.80 Å². The fourth-order valence-corrected chi connectivity index (χ4v) is 14.4. The quantitative estimate of drug-likeness (QED) is 0.164. The molecule has 12 aromatic carbocycles. The standard InChI is InChI=1S/C74H48N2/c1-3-25-49(26-4-1)51-29-7-8-30-52(51)55-33-13-20-44-66(55)76(69-47-23-42-64-71(69)56-34-11-16-38-60(56)73(64)58-36-14-9-31-53(58)54-32-10-15-37-59(54)73)70-48-24-43-65-72(70)57-35-12-17-39-61(57)74(65)62-40-18-21-45-67(62)75(50-27-5-2-6-28-50)68-46-22-19-41-63(68)74/h1-48H. The van der Waals surface area contributed by atoms with E-state index in [2.05, 4.69) is 301 Å². The van der Waals surface area contributed by atoms with Gasteiger partial charge in [0.05, 0.1) is 39.3 Å². The maximum absolute atomic E-state index is 2.64. The number of anilines is 6. The first kappa shape index (κ1) is 42.7. The van der Waals surface area contributed by atoms with Crippen LogP contribution in [0.15, 0.2) is 291 Å². The van der Waals surface area contributed by atoms with Gasteiger partial charge in [-0.05, 0) is 126 Å². The average molecular weight is 965 g/mol. The molecule has 1 aliphatic heterocycles. The van der Waals surface area contributed by atoms with E-state index < -0.39 is 10.8 Å². The van der Waals surface area contributed by atoms with Gasteiger partial charge in [0.1, 0.15) is 0 Å². The van der Waals surface area contributed by atoms with E-state index in [-0.39, 0.29) is 0 Å². The van der Waals surface area contributed by atoms with Crippen molar-refractivity contribution in [3.05, 3.63) is 336 Å². The summed E-state index contributed by atoms with van der Waals surface area (Å²) in [6, 6.07) is 109. The zero-order valence-corrected chi connectivity index (χ0v) is 41.6. The van der Waals surface area contributed by atoms with Crippen molar-refractivity contribution >= 4 is 34.1 Å². The van der Waals surface area contributed by atoms with Crippen LogP contribution in [0.1, 0.15) is 44.5 Å². The van der Waals surface area contributed by atoms with Crippen LogP contribution in [-0.2, 0) is 10.8 Å². The lowest BCUT2D eigenvalue weighted by Gasteiger charge is -2.45. The lowest BCUT2D eigenvalue weighted by Crippen LogP contribution is -2.36. The molecule has 354 valence electrons. The highest BCUT2D eigenvalue weighted by Crippen LogP contribution is 2.68. The molecule has 2 heteroatoms. The van der Waals surface area contributed by atoms with Crippen LogP contribution >= 0.6 is 0 Å². The Morgan fingerprint density at radius 2 is 0.566 bits per heavy atom. The normalized spacial score (nSPS) is 14.0. The SMILES string of the molecule is c1ccc(-c2ccccc2-c2ccccc2N(c2cccc3c2-c2ccccc2C32c3ccccc3-c3ccccc32)c2cccc3c2-c2ccccc2C32c3ccccc3N(c3ccccc3)c3ccccc32)cc1. The van der Waals surface area contributed by atoms with Gasteiger partial charge in [0.25, 0.3) is 0 Å². The Morgan fingerprint density at radius 1 is 0.224 bits per heavy atom.